The molecule has 2 heteroatoms. The average Bonchev–Trinajstić information content (AvgIpc) is 3.23. The van der Waals surface area contributed by atoms with Crippen molar-refractivity contribution in [3.05, 3.63) is 60.2 Å². The van der Waals surface area contributed by atoms with Crippen molar-refractivity contribution >= 4 is 43.7 Å². The van der Waals surface area contributed by atoms with E-state index in [1.807, 2.05) is 0 Å². The Labute approximate surface area is 158 Å². The van der Waals surface area contributed by atoms with Gasteiger partial charge in [0.1, 0.15) is 11.2 Å². The first-order valence-corrected chi connectivity index (χ1v) is 10.1. The Morgan fingerprint density at radius 2 is 1.59 bits per heavy atom. The van der Waals surface area contributed by atoms with E-state index in [1.54, 1.807) is 0 Å². The van der Waals surface area contributed by atoms with Crippen LogP contribution in [0.1, 0.15) is 43.6 Å². The smallest absolute Gasteiger partial charge is 0.138 e. The summed E-state index contributed by atoms with van der Waals surface area (Å²) in [5, 5.41) is 5.07. The van der Waals surface area contributed by atoms with Gasteiger partial charge < -0.3 is 8.98 Å². The quantitative estimate of drug-likeness (QED) is 0.310. The number of fused-ring (bicyclic) bond motifs is 6. The summed E-state index contributed by atoms with van der Waals surface area (Å²) >= 11 is 0. The molecule has 0 spiro atoms. The summed E-state index contributed by atoms with van der Waals surface area (Å²) in [7, 11) is 2.16. The molecule has 0 radical (unpaired) electrons. The van der Waals surface area contributed by atoms with Gasteiger partial charge in [0.05, 0.1) is 0 Å². The van der Waals surface area contributed by atoms with Crippen LogP contribution in [0.3, 0.4) is 0 Å². The van der Waals surface area contributed by atoms with Gasteiger partial charge in [0.25, 0.3) is 0 Å². The maximum Gasteiger partial charge on any atom is 0.138 e. The number of hydrogen-bond donors (Lipinski definition) is 0. The standard InChI is InChI=1S/C25H23NO/c1-26-22-13-6-5-10-18(22)20-15-24-21(14-23(20)26)19-12-7-11-17(25(19)27-24)16-8-3-2-4-9-16/h5-7,10-16H,2-4,8-9H2,1H3. The summed E-state index contributed by atoms with van der Waals surface area (Å²) < 4.78 is 8.79. The van der Waals surface area contributed by atoms with Gasteiger partial charge >= 0.3 is 0 Å². The van der Waals surface area contributed by atoms with Gasteiger partial charge in [0, 0.05) is 39.6 Å². The predicted molar refractivity (Wildman–Crippen MR) is 114 cm³/mol. The highest BCUT2D eigenvalue weighted by Gasteiger charge is 2.21. The van der Waals surface area contributed by atoms with Gasteiger partial charge in [0.2, 0.25) is 0 Å². The van der Waals surface area contributed by atoms with Gasteiger partial charge in [-0.15, -0.1) is 0 Å². The van der Waals surface area contributed by atoms with Crippen LogP contribution in [0.5, 0.6) is 0 Å². The first-order chi connectivity index (χ1) is 13.3. The summed E-state index contributed by atoms with van der Waals surface area (Å²) in [6, 6.07) is 19.9. The molecule has 0 N–H and O–H groups in total. The van der Waals surface area contributed by atoms with E-state index in [-0.39, 0.29) is 0 Å². The highest BCUT2D eigenvalue weighted by molar-refractivity contribution is 6.16. The molecule has 0 atom stereocenters. The third-order valence-corrected chi connectivity index (χ3v) is 6.61. The van der Waals surface area contributed by atoms with Crippen molar-refractivity contribution in [3.8, 4) is 0 Å². The molecule has 6 rings (SSSR count). The van der Waals surface area contributed by atoms with Crippen molar-refractivity contribution in [3.63, 3.8) is 0 Å². The van der Waals surface area contributed by atoms with Crippen molar-refractivity contribution in [2.45, 2.75) is 38.0 Å². The number of hydrogen-bond acceptors (Lipinski definition) is 1. The van der Waals surface area contributed by atoms with Crippen LogP contribution in [0.4, 0.5) is 0 Å². The molecule has 1 fully saturated rings. The SMILES string of the molecule is Cn1c2ccccc2c2cc3oc4c(C5CCCCC5)cccc4c3cc21. The second-order valence-electron chi connectivity index (χ2n) is 8.10. The lowest BCUT2D eigenvalue weighted by Crippen LogP contribution is -2.04. The number of rotatable bonds is 1. The van der Waals surface area contributed by atoms with Crippen LogP contribution in [-0.2, 0) is 7.05 Å². The molecule has 27 heavy (non-hydrogen) atoms. The Morgan fingerprint density at radius 1 is 0.778 bits per heavy atom. The van der Waals surface area contributed by atoms with E-state index >= 15 is 0 Å². The Hall–Kier alpha value is -2.74. The van der Waals surface area contributed by atoms with Gasteiger partial charge in [-0.1, -0.05) is 55.7 Å². The molecule has 5 aromatic rings. The molecule has 1 saturated carbocycles. The number of benzene rings is 3. The number of aromatic nitrogens is 1. The van der Waals surface area contributed by atoms with Crippen LogP contribution in [0.2, 0.25) is 0 Å². The second kappa shape index (κ2) is 5.63. The van der Waals surface area contributed by atoms with Crippen LogP contribution in [0.15, 0.2) is 59.0 Å². The molecule has 0 bridgehead atoms. The summed E-state index contributed by atoms with van der Waals surface area (Å²) in [6.45, 7) is 0. The minimum atomic E-state index is 0.651. The normalized spacial score (nSPS) is 16.2. The van der Waals surface area contributed by atoms with Gasteiger partial charge in [-0.3, -0.25) is 0 Å². The van der Waals surface area contributed by atoms with Gasteiger partial charge in [0.15, 0.2) is 0 Å². The van der Waals surface area contributed by atoms with Crippen LogP contribution in [0.25, 0.3) is 43.7 Å². The molecular weight excluding hydrogens is 330 g/mol. The maximum atomic E-state index is 6.49. The lowest BCUT2D eigenvalue weighted by atomic mass is 9.83. The Kier molecular flexibility index (Phi) is 3.19. The van der Waals surface area contributed by atoms with E-state index in [9.17, 15) is 0 Å². The lowest BCUT2D eigenvalue weighted by Gasteiger charge is -2.21. The first kappa shape index (κ1) is 15.3. The molecule has 1 aliphatic rings. The molecule has 134 valence electrons. The van der Waals surface area contributed by atoms with Gasteiger partial charge in [-0.2, -0.15) is 0 Å². The molecule has 1 aliphatic carbocycles. The van der Waals surface area contributed by atoms with Crippen LogP contribution in [-0.4, -0.2) is 4.57 Å². The van der Waals surface area contributed by atoms with Gasteiger partial charge in [-0.25, -0.2) is 0 Å². The summed E-state index contributed by atoms with van der Waals surface area (Å²) in [4.78, 5) is 0. The third-order valence-electron chi connectivity index (χ3n) is 6.61. The summed E-state index contributed by atoms with van der Waals surface area (Å²) in [5.74, 6) is 0.651. The first-order valence-electron chi connectivity index (χ1n) is 10.1. The highest BCUT2D eigenvalue weighted by atomic mass is 16.3. The van der Waals surface area contributed by atoms with E-state index in [4.69, 9.17) is 4.42 Å². The van der Waals surface area contributed by atoms with E-state index in [0.717, 1.165) is 11.2 Å². The molecule has 0 unspecified atom stereocenters. The minimum Gasteiger partial charge on any atom is -0.456 e. The maximum absolute atomic E-state index is 6.49. The monoisotopic (exact) mass is 353 g/mol. The van der Waals surface area contributed by atoms with Crippen molar-refractivity contribution in [2.24, 2.45) is 7.05 Å². The fourth-order valence-corrected chi connectivity index (χ4v) is 5.21. The van der Waals surface area contributed by atoms with E-state index in [2.05, 4.69) is 66.2 Å². The predicted octanol–water partition coefficient (Wildman–Crippen LogP) is 7.28. The topological polar surface area (TPSA) is 18.1 Å². The fraction of sp³-hybridized carbons (Fsp3) is 0.280. The highest BCUT2D eigenvalue weighted by Crippen LogP contribution is 2.41. The Bertz CT molecular complexity index is 1310. The Balaban J connectivity index is 1.67. The van der Waals surface area contributed by atoms with Crippen molar-refractivity contribution in [1.82, 2.24) is 4.57 Å². The molecule has 0 saturated heterocycles. The molecular formula is C25H23NO. The number of aryl methyl sites for hydroxylation is 1. The van der Waals surface area contributed by atoms with Crippen molar-refractivity contribution in [1.29, 1.82) is 0 Å². The number of nitrogens with zero attached hydrogens (tertiary/aromatic N) is 1. The lowest BCUT2D eigenvalue weighted by molar-refractivity contribution is 0.442. The van der Waals surface area contributed by atoms with Crippen molar-refractivity contribution < 1.29 is 4.42 Å². The van der Waals surface area contributed by atoms with E-state index < -0.39 is 0 Å². The largest absolute Gasteiger partial charge is 0.456 e. The fourth-order valence-electron chi connectivity index (χ4n) is 5.21. The van der Waals surface area contributed by atoms with Crippen LogP contribution < -0.4 is 0 Å². The zero-order valence-corrected chi connectivity index (χ0v) is 15.7. The summed E-state index contributed by atoms with van der Waals surface area (Å²) in [6.07, 6.45) is 6.66. The minimum absolute atomic E-state index is 0.651. The summed E-state index contributed by atoms with van der Waals surface area (Å²) in [5.41, 5.74) is 6.08. The average molecular weight is 353 g/mol. The second-order valence-corrected chi connectivity index (χ2v) is 8.10. The number of para-hydroxylation sites is 2. The third kappa shape index (κ3) is 2.13. The van der Waals surface area contributed by atoms with Gasteiger partial charge in [-0.05, 0) is 42.5 Å². The number of furan rings is 1. The van der Waals surface area contributed by atoms with Crippen LogP contribution in [0, 0.1) is 0 Å². The zero-order valence-electron chi connectivity index (χ0n) is 15.7. The zero-order chi connectivity index (χ0) is 18.0. The van der Waals surface area contributed by atoms with E-state index in [0.29, 0.717) is 5.92 Å². The molecule has 2 nitrogen and oxygen atoms in total. The molecule has 2 aromatic heterocycles. The van der Waals surface area contributed by atoms with Crippen LogP contribution >= 0.6 is 0 Å². The molecule has 2 heterocycles. The Morgan fingerprint density at radius 3 is 2.48 bits per heavy atom. The van der Waals surface area contributed by atoms with E-state index in [1.165, 1.54) is 70.2 Å². The molecule has 0 aliphatic heterocycles. The van der Waals surface area contributed by atoms with Crippen molar-refractivity contribution in [2.75, 3.05) is 0 Å². The molecule has 0 amide bonds. The molecule has 3 aromatic carbocycles.